The van der Waals surface area contributed by atoms with Crippen LogP contribution in [0.3, 0.4) is 0 Å². The summed E-state index contributed by atoms with van der Waals surface area (Å²) in [5, 5.41) is 11.4. The number of hydrogen-bond donors (Lipinski definition) is 1. The molecule has 1 aromatic rings. The summed E-state index contributed by atoms with van der Waals surface area (Å²) in [6, 6.07) is 2.69. The number of carbonyl (C=O) groups is 1. The van der Waals surface area contributed by atoms with Gasteiger partial charge in [0.2, 0.25) is 0 Å². The van der Waals surface area contributed by atoms with Gasteiger partial charge in [-0.1, -0.05) is 6.07 Å². The lowest BCUT2D eigenvalue weighted by Gasteiger charge is -2.52. The molecule has 0 radical (unpaired) electrons. The maximum Gasteiger partial charge on any atom is 0.416 e. The van der Waals surface area contributed by atoms with Gasteiger partial charge in [-0.2, -0.15) is 13.2 Å². The fourth-order valence-electron chi connectivity index (χ4n) is 4.51. The van der Waals surface area contributed by atoms with Crippen LogP contribution in [0.4, 0.5) is 18.0 Å². The van der Waals surface area contributed by atoms with E-state index >= 15 is 0 Å². The van der Waals surface area contributed by atoms with Gasteiger partial charge < -0.3 is 19.5 Å². The number of amides is 1. The molecule has 8 heteroatoms. The van der Waals surface area contributed by atoms with E-state index in [4.69, 9.17) is 9.47 Å². The van der Waals surface area contributed by atoms with Gasteiger partial charge in [-0.25, -0.2) is 4.79 Å². The number of piperidine rings is 2. The van der Waals surface area contributed by atoms with Gasteiger partial charge in [0.05, 0.1) is 18.3 Å². The van der Waals surface area contributed by atoms with Crippen molar-refractivity contribution in [3.63, 3.8) is 0 Å². The van der Waals surface area contributed by atoms with Crippen molar-refractivity contribution in [3.05, 3.63) is 29.3 Å². The molecule has 2 unspecified atom stereocenters. The van der Waals surface area contributed by atoms with E-state index in [1.54, 1.807) is 25.7 Å². The number of benzene rings is 1. The van der Waals surface area contributed by atoms with Crippen molar-refractivity contribution in [1.82, 2.24) is 4.90 Å². The first-order valence-corrected chi connectivity index (χ1v) is 9.83. The molecule has 1 aromatic carbocycles. The second kappa shape index (κ2) is 7.38. The van der Waals surface area contributed by atoms with Crippen molar-refractivity contribution < 1.29 is 32.5 Å². The van der Waals surface area contributed by atoms with Crippen LogP contribution in [-0.2, 0) is 16.5 Å². The van der Waals surface area contributed by atoms with Gasteiger partial charge >= 0.3 is 12.3 Å². The summed E-state index contributed by atoms with van der Waals surface area (Å²) in [5.41, 5.74) is -2.50. The number of hydrogen-bond acceptors (Lipinski definition) is 4. The van der Waals surface area contributed by atoms with Crippen molar-refractivity contribution in [2.45, 2.75) is 82.3 Å². The molecule has 5 nitrogen and oxygen atoms in total. The van der Waals surface area contributed by atoms with Crippen LogP contribution in [0.5, 0.6) is 5.75 Å². The summed E-state index contributed by atoms with van der Waals surface area (Å²) in [4.78, 5) is 14.4. The number of rotatable bonds is 2. The molecule has 0 spiro atoms. The number of carbonyl (C=O) groups excluding carboxylic acids is 1. The largest absolute Gasteiger partial charge is 0.496 e. The summed E-state index contributed by atoms with van der Waals surface area (Å²) in [6.45, 7) is 5.40. The molecule has 2 saturated heterocycles. The van der Waals surface area contributed by atoms with Crippen molar-refractivity contribution in [3.8, 4) is 5.75 Å². The molecule has 2 atom stereocenters. The highest BCUT2D eigenvalue weighted by Crippen LogP contribution is 2.48. The molecular weight excluding hydrogens is 387 g/mol. The smallest absolute Gasteiger partial charge is 0.416 e. The maximum atomic E-state index is 13.1. The van der Waals surface area contributed by atoms with E-state index in [2.05, 4.69) is 0 Å². The normalized spacial score (nSPS) is 27.5. The van der Waals surface area contributed by atoms with Crippen LogP contribution in [0.15, 0.2) is 18.2 Å². The number of fused-ring (bicyclic) bond motifs is 2. The Balaban J connectivity index is 1.91. The third-order valence-corrected chi connectivity index (χ3v) is 5.64. The van der Waals surface area contributed by atoms with E-state index in [1.807, 2.05) is 0 Å². The number of halogens is 3. The molecule has 2 aliphatic heterocycles. The van der Waals surface area contributed by atoms with E-state index in [0.717, 1.165) is 18.6 Å². The lowest BCUT2D eigenvalue weighted by molar-refractivity contribution is -0.137. The van der Waals surface area contributed by atoms with E-state index in [9.17, 15) is 23.1 Å². The highest BCUT2D eigenvalue weighted by molar-refractivity contribution is 5.69. The van der Waals surface area contributed by atoms with Crippen molar-refractivity contribution in [2.24, 2.45) is 0 Å². The first-order chi connectivity index (χ1) is 13.3. The molecule has 3 rings (SSSR count). The topological polar surface area (TPSA) is 59.0 Å². The molecule has 29 heavy (non-hydrogen) atoms. The van der Waals surface area contributed by atoms with Crippen LogP contribution in [0, 0.1) is 0 Å². The zero-order valence-corrected chi connectivity index (χ0v) is 17.2. The van der Waals surface area contributed by atoms with Crippen LogP contribution in [0.25, 0.3) is 0 Å². The zero-order valence-electron chi connectivity index (χ0n) is 17.2. The standard InChI is InChI=1S/C21H28F3NO4/c1-19(2,3)29-18(26)25-14-6-5-7-15(25)12-20(27,11-14)16-9-8-13(21(22,23)24)10-17(16)28-4/h8-10,14-15,27H,5-7,11-12H2,1-4H3. The SMILES string of the molecule is COc1cc(C(F)(F)F)ccc1C1(O)CC2CCCC(C1)N2C(=O)OC(C)(C)C. The van der Waals surface area contributed by atoms with Gasteiger partial charge in [0.1, 0.15) is 11.4 Å². The second-order valence-electron chi connectivity index (χ2n) is 8.98. The lowest BCUT2D eigenvalue weighted by atomic mass is 9.72. The Kier molecular flexibility index (Phi) is 5.53. The van der Waals surface area contributed by atoms with E-state index in [1.165, 1.54) is 13.2 Å². The molecule has 162 valence electrons. The van der Waals surface area contributed by atoms with E-state index in [0.29, 0.717) is 18.4 Å². The van der Waals surface area contributed by atoms with E-state index in [-0.39, 0.29) is 30.7 Å². The van der Waals surface area contributed by atoms with Crippen LogP contribution in [-0.4, -0.2) is 40.9 Å². The Bertz CT molecular complexity index is 758. The van der Waals surface area contributed by atoms with Gasteiger partial charge in [-0.05, 0) is 52.2 Å². The predicted octanol–water partition coefficient (Wildman–Crippen LogP) is 4.85. The summed E-state index contributed by atoms with van der Waals surface area (Å²) < 4.78 is 49.9. The van der Waals surface area contributed by atoms with Crippen molar-refractivity contribution in [2.75, 3.05) is 7.11 Å². The molecule has 1 amide bonds. The van der Waals surface area contributed by atoms with Crippen molar-refractivity contribution in [1.29, 1.82) is 0 Å². The van der Waals surface area contributed by atoms with Crippen LogP contribution >= 0.6 is 0 Å². The van der Waals surface area contributed by atoms with Gasteiger partial charge in [0.25, 0.3) is 0 Å². The number of nitrogens with zero attached hydrogens (tertiary/aromatic N) is 1. The molecule has 2 aliphatic rings. The Morgan fingerprint density at radius 2 is 1.76 bits per heavy atom. The quantitative estimate of drug-likeness (QED) is 0.750. The zero-order chi connectivity index (χ0) is 21.6. The average molecular weight is 415 g/mol. The molecule has 0 aliphatic carbocycles. The molecule has 2 fully saturated rings. The maximum absolute atomic E-state index is 13.1. The Morgan fingerprint density at radius 3 is 2.24 bits per heavy atom. The highest BCUT2D eigenvalue weighted by Gasteiger charge is 2.50. The van der Waals surface area contributed by atoms with Gasteiger partial charge in [0.15, 0.2) is 0 Å². The summed E-state index contributed by atoms with van der Waals surface area (Å²) in [6.07, 6.45) is -2.11. The first kappa shape index (κ1) is 21.7. The first-order valence-electron chi connectivity index (χ1n) is 9.83. The summed E-state index contributed by atoms with van der Waals surface area (Å²) in [7, 11) is 1.29. The third kappa shape index (κ3) is 4.47. The minimum absolute atomic E-state index is 0.00566. The summed E-state index contributed by atoms with van der Waals surface area (Å²) in [5.74, 6) is 0.00566. The van der Waals surface area contributed by atoms with Gasteiger partial charge in [-0.3, -0.25) is 0 Å². The number of alkyl halides is 3. The van der Waals surface area contributed by atoms with Gasteiger partial charge in [-0.15, -0.1) is 0 Å². The molecule has 2 heterocycles. The summed E-state index contributed by atoms with van der Waals surface area (Å²) >= 11 is 0. The second-order valence-corrected chi connectivity index (χ2v) is 8.98. The average Bonchev–Trinajstić information content (AvgIpc) is 2.58. The van der Waals surface area contributed by atoms with Crippen LogP contribution in [0.1, 0.15) is 64.0 Å². The molecule has 2 bridgehead atoms. The highest BCUT2D eigenvalue weighted by atomic mass is 19.4. The minimum atomic E-state index is -4.50. The van der Waals surface area contributed by atoms with Crippen LogP contribution < -0.4 is 4.74 Å². The molecule has 0 saturated carbocycles. The number of aliphatic hydroxyl groups is 1. The Hall–Kier alpha value is -1.96. The Morgan fingerprint density at radius 1 is 1.17 bits per heavy atom. The fraction of sp³-hybridized carbons (Fsp3) is 0.667. The van der Waals surface area contributed by atoms with E-state index < -0.39 is 29.0 Å². The monoisotopic (exact) mass is 415 g/mol. The van der Waals surface area contributed by atoms with Crippen LogP contribution in [0.2, 0.25) is 0 Å². The fourth-order valence-corrected chi connectivity index (χ4v) is 4.51. The predicted molar refractivity (Wildman–Crippen MR) is 101 cm³/mol. The third-order valence-electron chi connectivity index (χ3n) is 5.64. The number of methoxy groups -OCH3 is 1. The van der Waals surface area contributed by atoms with Crippen molar-refractivity contribution >= 4 is 6.09 Å². The Labute approximate surface area is 168 Å². The molecule has 0 aromatic heterocycles. The minimum Gasteiger partial charge on any atom is -0.496 e. The molecular formula is C21H28F3NO4. The van der Waals surface area contributed by atoms with Gasteiger partial charge in [0, 0.05) is 30.5 Å². The molecule has 1 N–H and O–H groups in total. The lowest BCUT2D eigenvalue weighted by Crippen LogP contribution is -2.59. The number of ether oxygens (including phenoxy) is 2.